The minimum Gasteiger partial charge on any atom is -0.397 e. The van der Waals surface area contributed by atoms with Crippen molar-refractivity contribution in [2.24, 2.45) is 0 Å². The average molecular weight is 163 g/mol. The van der Waals surface area contributed by atoms with E-state index in [1.807, 2.05) is 6.92 Å². The molecular formula is C8H9N3O. The number of benzene rings is 1. The third-order valence-electron chi connectivity index (χ3n) is 1.86. The Balaban J connectivity index is 2.87. The Morgan fingerprint density at radius 1 is 1.25 bits per heavy atom. The molecule has 0 atom stereocenters. The fourth-order valence-corrected chi connectivity index (χ4v) is 1.14. The normalized spacial score (nSPS) is 10.8. The van der Waals surface area contributed by atoms with E-state index in [-0.39, 0.29) is 0 Å². The highest BCUT2D eigenvalue weighted by Gasteiger charge is 2.05. The van der Waals surface area contributed by atoms with Gasteiger partial charge in [-0.05, 0) is 13.0 Å². The van der Waals surface area contributed by atoms with Gasteiger partial charge in [0.15, 0.2) is 5.58 Å². The molecule has 0 aliphatic heterocycles. The van der Waals surface area contributed by atoms with Gasteiger partial charge in [-0.2, -0.15) is 0 Å². The van der Waals surface area contributed by atoms with Crippen molar-refractivity contribution in [2.75, 3.05) is 11.5 Å². The number of nitrogens with two attached hydrogens (primary N) is 2. The van der Waals surface area contributed by atoms with E-state index in [0.29, 0.717) is 17.0 Å². The second-order valence-electron chi connectivity index (χ2n) is 2.75. The second kappa shape index (κ2) is 2.14. The first-order valence-corrected chi connectivity index (χ1v) is 3.59. The summed E-state index contributed by atoms with van der Waals surface area (Å²) in [4.78, 5) is 0. The number of hydrogen-bond donors (Lipinski definition) is 2. The monoisotopic (exact) mass is 163 g/mol. The summed E-state index contributed by atoms with van der Waals surface area (Å²) < 4.78 is 5.00. The quantitative estimate of drug-likeness (QED) is 0.574. The van der Waals surface area contributed by atoms with Crippen LogP contribution in [0.25, 0.3) is 11.0 Å². The number of aromatic nitrogens is 1. The summed E-state index contributed by atoms with van der Waals surface area (Å²) in [5, 5.41) is 4.71. The van der Waals surface area contributed by atoms with Crippen LogP contribution in [0.1, 0.15) is 5.69 Å². The highest BCUT2D eigenvalue weighted by Crippen LogP contribution is 2.25. The van der Waals surface area contributed by atoms with Crippen LogP contribution in [-0.2, 0) is 0 Å². The Hall–Kier alpha value is -1.71. The lowest BCUT2D eigenvalue weighted by Crippen LogP contribution is -1.93. The van der Waals surface area contributed by atoms with Crippen LogP contribution in [0.3, 0.4) is 0 Å². The maximum atomic E-state index is 5.62. The Labute approximate surface area is 69.1 Å². The van der Waals surface area contributed by atoms with Crippen LogP contribution in [0.4, 0.5) is 11.4 Å². The molecule has 2 rings (SSSR count). The number of nitrogens with zero attached hydrogens (tertiary/aromatic N) is 1. The van der Waals surface area contributed by atoms with E-state index < -0.39 is 0 Å². The molecule has 0 saturated heterocycles. The maximum absolute atomic E-state index is 5.62. The van der Waals surface area contributed by atoms with E-state index in [1.165, 1.54) is 0 Å². The number of hydrogen-bond acceptors (Lipinski definition) is 4. The molecule has 0 radical (unpaired) electrons. The van der Waals surface area contributed by atoms with Crippen molar-refractivity contribution in [3.05, 3.63) is 17.8 Å². The summed E-state index contributed by atoms with van der Waals surface area (Å²) in [6.07, 6.45) is 0. The Kier molecular flexibility index (Phi) is 1.24. The molecule has 0 unspecified atom stereocenters. The zero-order valence-corrected chi connectivity index (χ0v) is 6.66. The smallest absolute Gasteiger partial charge is 0.169 e. The zero-order valence-electron chi connectivity index (χ0n) is 6.66. The van der Waals surface area contributed by atoms with Crippen molar-refractivity contribution in [2.45, 2.75) is 6.92 Å². The number of aryl methyl sites for hydroxylation is 1. The van der Waals surface area contributed by atoms with E-state index >= 15 is 0 Å². The van der Waals surface area contributed by atoms with E-state index in [1.54, 1.807) is 12.1 Å². The molecule has 12 heavy (non-hydrogen) atoms. The lowest BCUT2D eigenvalue weighted by Gasteiger charge is -1.97. The van der Waals surface area contributed by atoms with Gasteiger partial charge in [0.1, 0.15) is 0 Å². The fourth-order valence-electron chi connectivity index (χ4n) is 1.14. The lowest BCUT2D eigenvalue weighted by atomic mass is 10.2. The molecule has 0 spiro atoms. The number of nitrogen functional groups attached to an aromatic ring is 2. The first-order chi connectivity index (χ1) is 5.68. The highest BCUT2D eigenvalue weighted by atomic mass is 16.5. The molecule has 0 aliphatic carbocycles. The molecule has 1 aromatic carbocycles. The van der Waals surface area contributed by atoms with E-state index in [2.05, 4.69) is 5.16 Å². The summed E-state index contributed by atoms with van der Waals surface area (Å²) in [5.74, 6) is 0. The first-order valence-electron chi connectivity index (χ1n) is 3.59. The van der Waals surface area contributed by atoms with Crippen LogP contribution in [0.5, 0.6) is 0 Å². The molecule has 1 aromatic heterocycles. The van der Waals surface area contributed by atoms with Gasteiger partial charge in [-0.15, -0.1) is 0 Å². The number of anilines is 2. The van der Waals surface area contributed by atoms with E-state index in [4.69, 9.17) is 16.0 Å². The molecule has 4 nitrogen and oxygen atoms in total. The van der Waals surface area contributed by atoms with Gasteiger partial charge in [-0.1, -0.05) is 5.16 Å². The summed E-state index contributed by atoms with van der Waals surface area (Å²) >= 11 is 0. The molecule has 4 N–H and O–H groups in total. The van der Waals surface area contributed by atoms with E-state index in [9.17, 15) is 0 Å². The Morgan fingerprint density at radius 3 is 2.67 bits per heavy atom. The minimum absolute atomic E-state index is 0.527. The van der Waals surface area contributed by atoms with Crippen LogP contribution in [0.15, 0.2) is 16.7 Å². The third kappa shape index (κ3) is 0.812. The van der Waals surface area contributed by atoms with Gasteiger partial charge >= 0.3 is 0 Å². The van der Waals surface area contributed by atoms with Gasteiger partial charge in [0, 0.05) is 11.5 Å². The highest BCUT2D eigenvalue weighted by molar-refractivity contribution is 5.88. The summed E-state index contributed by atoms with van der Waals surface area (Å²) in [7, 11) is 0. The van der Waals surface area contributed by atoms with E-state index in [0.717, 1.165) is 11.1 Å². The molecule has 62 valence electrons. The molecule has 0 aliphatic rings. The zero-order chi connectivity index (χ0) is 8.72. The molecular weight excluding hydrogens is 154 g/mol. The second-order valence-corrected chi connectivity index (χ2v) is 2.75. The summed E-state index contributed by atoms with van der Waals surface area (Å²) in [5.41, 5.74) is 13.8. The molecule has 0 fully saturated rings. The number of fused-ring (bicyclic) bond motifs is 1. The van der Waals surface area contributed by atoms with Crippen LogP contribution in [-0.4, -0.2) is 5.16 Å². The third-order valence-corrected chi connectivity index (χ3v) is 1.86. The van der Waals surface area contributed by atoms with Gasteiger partial charge in [-0.3, -0.25) is 0 Å². The van der Waals surface area contributed by atoms with Crippen LogP contribution in [0.2, 0.25) is 0 Å². The van der Waals surface area contributed by atoms with Crippen molar-refractivity contribution in [3.63, 3.8) is 0 Å². The van der Waals surface area contributed by atoms with Gasteiger partial charge in [0.05, 0.1) is 17.1 Å². The van der Waals surface area contributed by atoms with Crippen LogP contribution < -0.4 is 11.5 Å². The maximum Gasteiger partial charge on any atom is 0.169 e. The van der Waals surface area contributed by atoms with Crippen molar-refractivity contribution in [1.82, 2.24) is 5.16 Å². The molecule has 2 aromatic rings. The van der Waals surface area contributed by atoms with Crippen LogP contribution in [0, 0.1) is 6.92 Å². The molecule has 1 heterocycles. The predicted octanol–water partition coefficient (Wildman–Crippen LogP) is 1.30. The van der Waals surface area contributed by atoms with Crippen molar-refractivity contribution < 1.29 is 4.52 Å². The molecule has 4 heteroatoms. The molecule has 0 amide bonds. The van der Waals surface area contributed by atoms with Gasteiger partial charge in [-0.25, -0.2) is 0 Å². The summed E-state index contributed by atoms with van der Waals surface area (Å²) in [6.45, 7) is 1.86. The topological polar surface area (TPSA) is 78.1 Å². The van der Waals surface area contributed by atoms with Gasteiger partial charge in [0.25, 0.3) is 0 Å². The average Bonchev–Trinajstić information content (AvgIpc) is 2.35. The standard InChI is InChI=1S/C8H9N3O/c1-4-5-2-6(9)7(10)3-8(5)12-11-4/h2-3H,9-10H2,1H3. The van der Waals surface area contributed by atoms with Gasteiger partial charge < -0.3 is 16.0 Å². The fraction of sp³-hybridized carbons (Fsp3) is 0.125. The molecule has 0 saturated carbocycles. The largest absolute Gasteiger partial charge is 0.397 e. The van der Waals surface area contributed by atoms with Crippen molar-refractivity contribution in [1.29, 1.82) is 0 Å². The van der Waals surface area contributed by atoms with Crippen LogP contribution >= 0.6 is 0 Å². The Morgan fingerprint density at radius 2 is 1.92 bits per heavy atom. The number of rotatable bonds is 0. The molecule has 0 bridgehead atoms. The van der Waals surface area contributed by atoms with Gasteiger partial charge in [0.2, 0.25) is 0 Å². The lowest BCUT2D eigenvalue weighted by molar-refractivity contribution is 0.450. The van der Waals surface area contributed by atoms with Crippen molar-refractivity contribution in [3.8, 4) is 0 Å². The van der Waals surface area contributed by atoms with Crippen molar-refractivity contribution >= 4 is 22.3 Å². The Bertz CT molecular complexity index is 433. The SMILES string of the molecule is Cc1noc2cc(N)c(N)cc12. The minimum atomic E-state index is 0.527. The summed E-state index contributed by atoms with van der Waals surface area (Å²) in [6, 6.07) is 3.46. The predicted molar refractivity (Wildman–Crippen MR) is 47.6 cm³/mol. The first kappa shape index (κ1) is 6.97.